The van der Waals surface area contributed by atoms with Gasteiger partial charge in [-0.15, -0.1) is 0 Å². The second kappa shape index (κ2) is 12.4. The molecule has 1 N–H and O–H groups in total. The van der Waals surface area contributed by atoms with E-state index in [2.05, 4.69) is 5.32 Å². The first kappa shape index (κ1) is 27.1. The number of carbonyl (C=O) groups excluding carboxylic acids is 2. The summed E-state index contributed by atoms with van der Waals surface area (Å²) in [7, 11) is -2.50. The highest BCUT2D eigenvalue weighted by Crippen LogP contribution is 2.29. The Kier molecular flexibility index (Phi) is 9.85. The number of rotatable bonds is 12. The fraction of sp³-hybridized carbons (Fsp3) is 0.417. The highest BCUT2D eigenvalue weighted by Gasteiger charge is 2.31. The summed E-state index contributed by atoms with van der Waals surface area (Å²) < 4.78 is 45.8. The van der Waals surface area contributed by atoms with Crippen molar-refractivity contribution in [1.82, 2.24) is 10.2 Å². The monoisotopic (exact) mass is 493 g/mol. The average Bonchev–Trinajstić information content (AvgIpc) is 2.80. The first-order chi connectivity index (χ1) is 16.1. The number of ether oxygens (including phenoxy) is 1. The van der Waals surface area contributed by atoms with Crippen molar-refractivity contribution in [3.63, 3.8) is 0 Å². The Morgan fingerprint density at radius 3 is 2.38 bits per heavy atom. The summed E-state index contributed by atoms with van der Waals surface area (Å²) >= 11 is 0. The van der Waals surface area contributed by atoms with Crippen molar-refractivity contribution in [2.45, 2.75) is 39.3 Å². The van der Waals surface area contributed by atoms with Crippen LogP contribution in [0.25, 0.3) is 0 Å². The van der Waals surface area contributed by atoms with Gasteiger partial charge in [0.15, 0.2) is 0 Å². The van der Waals surface area contributed by atoms with Crippen LogP contribution in [0.2, 0.25) is 0 Å². The first-order valence-electron chi connectivity index (χ1n) is 11.0. The minimum Gasteiger partial charge on any atom is -0.495 e. The molecule has 0 aliphatic heterocycles. The normalized spacial score (nSPS) is 12.0. The third-order valence-electron chi connectivity index (χ3n) is 5.33. The second-order valence-electron chi connectivity index (χ2n) is 7.88. The summed E-state index contributed by atoms with van der Waals surface area (Å²) in [5.41, 5.74) is 0.402. The molecule has 1 atom stereocenters. The van der Waals surface area contributed by atoms with Crippen LogP contribution in [0.1, 0.15) is 32.3 Å². The number of nitrogens with zero attached hydrogens (tertiary/aromatic N) is 2. The van der Waals surface area contributed by atoms with Crippen LogP contribution in [0.3, 0.4) is 0 Å². The van der Waals surface area contributed by atoms with E-state index in [1.165, 1.54) is 43.2 Å². The first-order valence-corrected chi connectivity index (χ1v) is 12.9. The lowest BCUT2D eigenvalue weighted by atomic mass is 10.1. The Morgan fingerprint density at radius 1 is 1.12 bits per heavy atom. The minimum absolute atomic E-state index is 0.187. The summed E-state index contributed by atoms with van der Waals surface area (Å²) in [6, 6.07) is 11.4. The fourth-order valence-electron chi connectivity index (χ4n) is 3.36. The number of amides is 2. The van der Waals surface area contributed by atoms with Gasteiger partial charge in [0.1, 0.15) is 24.2 Å². The molecule has 2 aromatic rings. The van der Waals surface area contributed by atoms with E-state index in [1.54, 1.807) is 24.3 Å². The van der Waals surface area contributed by atoms with Crippen molar-refractivity contribution in [3.8, 4) is 5.75 Å². The molecule has 2 rings (SSSR count). The molecule has 0 aliphatic rings. The molecule has 8 nitrogen and oxygen atoms in total. The van der Waals surface area contributed by atoms with E-state index in [-0.39, 0.29) is 23.5 Å². The molecule has 2 amide bonds. The zero-order valence-corrected chi connectivity index (χ0v) is 20.8. The molecule has 0 heterocycles. The molecule has 0 bridgehead atoms. The highest BCUT2D eigenvalue weighted by molar-refractivity contribution is 7.92. The average molecular weight is 494 g/mol. The topological polar surface area (TPSA) is 96.0 Å². The van der Waals surface area contributed by atoms with Crippen molar-refractivity contribution in [1.29, 1.82) is 0 Å². The zero-order valence-electron chi connectivity index (χ0n) is 20.0. The number of unbranched alkanes of at least 4 members (excludes halogenated alkanes) is 1. The Bertz CT molecular complexity index is 1090. The molecule has 34 heavy (non-hydrogen) atoms. The van der Waals surface area contributed by atoms with E-state index in [4.69, 9.17) is 4.74 Å². The van der Waals surface area contributed by atoms with Crippen LogP contribution in [0.15, 0.2) is 48.5 Å². The van der Waals surface area contributed by atoms with E-state index in [1.807, 2.05) is 6.92 Å². The van der Waals surface area contributed by atoms with Gasteiger partial charge in [-0.1, -0.05) is 43.7 Å². The molecule has 0 aliphatic carbocycles. The quantitative estimate of drug-likeness (QED) is 0.459. The van der Waals surface area contributed by atoms with E-state index in [9.17, 15) is 22.4 Å². The van der Waals surface area contributed by atoms with Gasteiger partial charge < -0.3 is 15.0 Å². The van der Waals surface area contributed by atoms with Gasteiger partial charge in [-0.2, -0.15) is 0 Å². The molecule has 0 unspecified atom stereocenters. The molecule has 0 radical (unpaired) electrons. The minimum atomic E-state index is -3.89. The molecular formula is C24H32FN3O5S. The lowest BCUT2D eigenvalue weighted by Crippen LogP contribution is -2.51. The molecule has 0 aromatic heterocycles. The number of halogens is 1. The van der Waals surface area contributed by atoms with Gasteiger partial charge in [0.2, 0.25) is 21.8 Å². The van der Waals surface area contributed by atoms with Gasteiger partial charge in [0, 0.05) is 18.7 Å². The predicted molar refractivity (Wildman–Crippen MR) is 130 cm³/mol. The van der Waals surface area contributed by atoms with Crippen LogP contribution in [-0.2, 0) is 26.2 Å². The van der Waals surface area contributed by atoms with E-state index < -0.39 is 40.2 Å². The van der Waals surface area contributed by atoms with Crippen LogP contribution in [0.5, 0.6) is 5.75 Å². The molecule has 0 saturated heterocycles. The standard InChI is InChI=1S/C24H32FN3O5S/c1-5-6-15-26-24(30)18(2)27(16-19-11-7-8-12-20(19)25)23(29)17-28(34(4,31)32)21-13-9-10-14-22(21)33-3/h7-14,18H,5-6,15-17H2,1-4H3,(H,26,30)/t18-/m0/s1. The zero-order chi connectivity index (χ0) is 25.3. The number of carbonyl (C=O) groups is 2. The van der Waals surface area contributed by atoms with Gasteiger partial charge in [-0.3, -0.25) is 13.9 Å². The van der Waals surface area contributed by atoms with E-state index >= 15 is 0 Å². The second-order valence-corrected chi connectivity index (χ2v) is 9.78. The molecule has 10 heteroatoms. The summed E-state index contributed by atoms with van der Waals surface area (Å²) in [6.45, 7) is 3.19. The third kappa shape index (κ3) is 7.18. The summed E-state index contributed by atoms with van der Waals surface area (Å²) in [4.78, 5) is 27.4. The largest absolute Gasteiger partial charge is 0.495 e. The molecule has 0 saturated carbocycles. The Hall–Kier alpha value is -3.14. The van der Waals surface area contributed by atoms with Crippen LogP contribution < -0.4 is 14.4 Å². The van der Waals surface area contributed by atoms with E-state index in [0.717, 1.165) is 23.4 Å². The fourth-order valence-corrected chi connectivity index (χ4v) is 4.21. The third-order valence-corrected chi connectivity index (χ3v) is 6.45. The Morgan fingerprint density at radius 2 is 1.76 bits per heavy atom. The lowest BCUT2D eigenvalue weighted by molar-refractivity contribution is -0.139. The number of benzene rings is 2. The van der Waals surface area contributed by atoms with Gasteiger partial charge in [-0.25, -0.2) is 12.8 Å². The summed E-state index contributed by atoms with van der Waals surface area (Å²) in [6.07, 6.45) is 2.64. The Labute approximate surface area is 200 Å². The van der Waals surface area contributed by atoms with Crippen molar-refractivity contribution in [2.75, 3.05) is 30.8 Å². The van der Waals surface area contributed by atoms with Gasteiger partial charge in [0.25, 0.3) is 0 Å². The van der Waals surface area contributed by atoms with Crippen LogP contribution >= 0.6 is 0 Å². The van der Waals surface area contributed by atoms with Crippen molar-refractivity contribution in [2.24, 2.45) is 0 Å². The lowest BCUT2D eigenvalue weighted by Gasteiger charge is -2.31. The maximum Gasteiger partial charge on any atom is 0.244 e. The number of hydrogen-bond donors (Lipinski definition) is 1. The number of hydrogen-bond acceptors (Lipinski definition) is 5. The maximum absolute atomic E-state index is 14.4. The van der Waals surface area contributed by atoms with Crippen LogP contribution in [0, 0.1) is 5.82 Å². The molecule has 2 aromatic carbocycles. The van der Waals surface area contributed by atoms with Gasteiger partial charge in [-0.05, 0) is 31.5 Å². The predicted octanol–water partition coefficient (Wildman–Crippen LogP) is 2.93. The molecule has 186 valence electrons. The number of para-hydroxylation sites is 2. The number of anilines is 1. The SMILES string of the molecule is CCCCNC(=O)[C@H](C)N(Cc1ccccc1F)C(=O)CN(c1ccccc1OC)S(C)(=O)=O. The Balaban J connectivity index is 2.40. The molecule has 0 spiro atoms. The van der Waals surface area contributed by atoms with Crippen molar-refractivity contribution < 1.29 is 27.1 Å². The molecular weight excluding hydrogens is 461 g/mol. The van der Waals surface area contributed by atoms with E-state index in [0.29, 0.717) is 6.54 Å². The number of sulfonamides is 1. The smallest absolute Gasteiger partial charge is 0.244 e. The van der Waals surface area contributed by atoms with Crippen molar-refractivity contribution >= 4 is 27.5 Å². The van der Waals surface area contributed by atoms with Gasteiger partial charge in [0.05, 0.1) is 19.1 Å². The highest BCUT2D eigenvalue weighted by atomic mass is 32.2. The summed E-state index contributed by atoms with van der Waals surface area (Å²) in [5.74, 6) is -1.31. The maximum atomic E-state index is 14.4. The summed E-state index contributed by atoms with van der Waals surface area (Å²) in [5, 5.41) is 2.77. The van der Waals surface area contributed by atoms with Gasteiger partial charge >= 0.3 is 0 Å². The van der Waals surface area contributed by atoms with Crippen LogP contribution in [-0.4, -0.2) is 57.6 Å². The van der Waals surface area contributed by atoms with Crippen molar-refractivity contribution in [3.05, 3.63) is 59.9 Å². The van der Waals surface area contributed by atoms with Crippen LogP contribution in [0.4, 0.5) is 10.1 Å². The number of nitrogens with one attached hydrogen (secondary N) is 1. The molecule has 0 fully saturated rings. The number of methoxy groups -OCH3 is 1.